The molecular weight excluding hydrogens is 380 g/mol. The maximum Gasteiger partial charge on any atom is 0.234 e. The highest BCUT2D eigenvalue weighted by molar-refractivity contribution is 7.99. The van der Waals surface area contributed by atoms with Gasteiger partial charge in [0.15, 0.2) is 5.16 Å². The van der Waals surface area contributed by atoms with Crippen LogP contribution in [0.4, 0.5) is 5.69 Å². The molecule has 1 aromatic carbocycles. The molecule has 140 valence electrons. The largest absolute Gasteiger partial charge is 0.497 e. The molecule has 2 aromatic heterocycles. The molecule has 6 nitrogen and oxygen atoms in total. The Kier molecular flexibility index (Phi) is 5.45. The SMILES string of the molecule is COc1cccc(NC(=O)CSc2nnc(Cc3cccs3)n2C2CC2)c1. The number of benzene rings is 1. The molecule has 0 unspecified atom stereocenters. The van der Waals surface area contributed by atoms with E-state index in [-0.39, 0.29) is 5.91 Å². The lowest BCUT2D eigenvalue weighted by atomic mass is 10.3. The van der Waals surface area contributed by atoms with E-state index in [0.717, 1.165) is 35.9 Å². The molecule has 1 N–H and O–H groups in total. The van der Waals surface area contributed by atoms with Crippen LogP contribution in [-0.2, 0) is 11.2 Å². The fraction of sp³-hybridized carbons (Fsp3) is 0.316. The lowest BCUT2D eigenvalue weighted by molar-refractivity contribution is -0.113. The van der Waals surface area contributed by atoms with Crippen molar-refractivity contribution in [3.63, 3.8) is 0 Å². The summed E-state index contributed by atoms with van der Waals surface area (Å²) >= 11 is 3.16. The maximum atomic E-state index is 12.3. The van der Waals surface area contributed by atoms with Crippen molar-refractivity contribution in [2.75, 3.05) is 18.2 Å². The van der Waals surface area contributed by atoms with E-state index in [1.807, 2.05) is 18.2 Å². The topological polar surface area (TPSA) is 69.0 Å². The number of aromatic nitrogens is 3. The molecule has 1 saturated carbocycles. The van der Waals surface area contributed by atoms with Gasteiger partial charge in [-0.3, -0.25) is 4.79 Å². The van der Waals surface area contributed by atoms with Gasteiger partial charge in [-0.2, -0.15) is 0 Å². The summed E-state index contributed by atoms with van der Waals surface area (Å²) in [5, 5.41) is 14.5. The van der Waals surface area contributed by atoms with Gasteiger partial charge in [-0.15, -0.1) is 21.5 Å². The highest BCUT2D eigenvalue weighted by atomic mass is 32.2. The number of thiophene rings is 1. The summed E-state index contributed by atoms with van der Waals surface area (Å²) in [6.07, 6.45) is 3.09. The third kappa shape index (κ3) is 4.51. The van der Waals surface area contributed by atoms with Gasteiger partial charge in [-0.25, -0.2) is 0 Å². The van der Waals surface area contributed by atoms with Crippen molar-refractivity contribution in [1.29, 1.82) is 0 Å². The molecule has 0 bridgehead atoms. The van der Waals surface area contributed by atoms with Crippen LogP contribution in [-0.4, -0.2) is 33.5 Å². The van der Waals surface area contributed by atoms with Gasteiger partial charge in [0.2, 0.25) is 5.91 Å². The zero-order valence-corrected chi connectivity index (χ0v) is 16.6. The van der Waals surface area contributed by atoms with E-state index in [1.165, 1.54) is 16.6 Å². The predicted octanol–water partition coefficient (Wildman–Crippen LogP) is 4.00. The van der Waals surface area contributed by atoms with Crippen LogP contribution in [0.3, 0.4) is 0 Å². The number of ether oxygens (including phenoxy) is 1. The first-order chi connectivity index (χ1) is 13.2. The molecular formula is C19H20N4O2S2. The minimum absolute atomic E-state index is 0.0709. The first-order valence-electron chi connectivity index (χ1n) is 8.76. The summed E-state index contributed by atoms with van der Waals surface area (Å²) in [7, 11) is 1.61. The summed E-state index contributed by atoms with van der Waals surface area (Å²) in [5.74, 6) is 1.92. The van der Waals surface area contributed by atoms with E-state index >= 15 is 0 Å². The highest BCUT2D eigenvalue weighted by Gasteiger charge is 2.29. The lowest BCUT2D eigenvalue weighted by Crippen LogP contribution is -2.14. The number of hydrogen-bond donors (Lipinski definition) is 1. The molecule has 0 atom stereocenters. The minimum atomic E-state index is -0.0709. The summed E-state index contributed by atoms with van der Waals surface area (Å²) < 4.78 is 7.39. The second-order valence-corrected chi connectivity index (χ2v) is 8.30. The molecule has 4 rings (SSSR count). The van der Waals surface area contributed by atoms with Gasteiger partial charge in [0.25, 0.3) is 0 Å². The van der Waals surface area contributed by atoms with Crippen molar-refractivity contribution in [1.82, 2.24) is 14.8 Å². The number of amides is 1. The standard InChI is InChI=1S/C19H20N4O2S2/c1-25-15-5-2-4-13(10-15)20-18(24)12-27-19-22-21-17(23(19)14-7-8-14)11-16-6-3-9-26-16/h2-6,9-10,14H,7-8,11-12H2,1H3,(H,20,24). The molecule has 1 amide bonds. The second kappa shape index (κ2) is 8.14. The second-order valence-electron chi connectivity index (χ2n) is 6.32. The first kappa shape index (κ1) is 18.1. The first-order valence-corrected chi connectivity index (χ1v) is 10.6. The molecule has 1 aliphatic carbocycles. The van der Waals surface area contributed by atoms with E-state index < -0.39 is 0 Å². The number of nitrogens with one attached hydrogen (secondary N) is 1. The summed E-state index contributed by atoms with van der Waals surface area (Å²) in [6.45, 7) is 0. The molecule has 27 heavy (non-hydrogen) atoms. The zero-order valence-electron chi connectivity index (χ0n) is 14.9. The van der Waals surface area contributed by atoms with Gasteiger partial charge in [-0.1, -0.05) is 23.9 Å². The van der Waals surface area contributed by atoms with Crippen molar-refractivity contribution in [2.24, 2.45) is 0 Å². The fourth-order valence-electron chi connectivity index (χ4n) is 2.82. The predicted molar refractivity (Wildman–Crippen MR) is 108 cm³/mol. The number of carbonyl (C=O) groups is 1. The van der Waals surface area contributed by atoms with E-state index in [4.69, 9.17) is 4.74 Å². The minimum Gasteiger partial charge on any atom is -0.497 e. The third-order valence-corrected chi connectivity index (χ3v) is 6.06. The van der Waals surface area contributed by atoms with E-state index in [9.17, 15) is 4.79 Å². The molecule has 0 radical (unpaired) electrons. The van der Waals surface area contributed by atoms with Gasteiger partial charge in [0, 0.05) is 29.1 Å². The van der Waals surface area contributed by atoms with Crippen molar-refractivity contribution in [3.8, 4) is 5.75 Å². The Balaban J connectivity index is 1.40. The van der Waals surface area contributed by atoms with Crippen molar-refractivity contribution in [2.45, 2.75) is 30.5 Å². The summed E-state index contributed by atoms with van der Waals surface area (Å²) in [6, 6.07) is 12.0. The number of hydrogen-bond acceptors (Lipinski definition) is 6. The number of carbonyl (C=O) groups excluding carboxylic acids is 1. The van der Waals surface area contributed by atoms with Crippen LogP contribution in [0.5, 0.6) is 5.75 Å². The van der Waals surface area contributed by atoms with E-state index in [0.29, 0.717) is 17.5 Å². The van der Waals surface area contributed by atoms with Crippen LogP contribution in [0.15, 0.2) is 46.9 Å². The average molecular weight is 401 g/mol. The van der Waals surface area contributed by atoms with Crippen LogP contribution in [0.1, 0.15) is 29.6 Å². The Hall–Kier alpha value is -2.32. The molecule has 3 aromatic rings. The van der Waals surface area contributed by atoms with E-state index in [2.05, 4.69) is 37.6 Å². The van der Waals surface area contributed by atoms with Crippen molar-refractivity contribution < 1.29 is 9.53 Å². The fourth-order valence-corrected chi connectivity index (χ4v) is 4.35. The molecule has 0 aliphatic heterocycles. The Morgan fingerprint density at radius 1 is 1.33 bits per heavy atom. The Labute approximate surface area is 166 Å². The number of thioether (sulfide) groups is 1. The van der Waals surface area contributed by atoms with Crippen LogP contribution in [0, 0.1) is 0 Å². The monoisotopic (exact) mass is 400 g/mol. The third-order valence-electron chi connectivity index (χ3n) is 4.25. The Bertz CT molecular complexity index is 920. The molecule has 2 heterocycles. The summed E-state index contributed by atoms with van der Waals surface area (Å²) in [4.78, 5) is 13.6. The summed E-state index contributed by atoms with van der Waals surface area (Å²) in [5.41, 5.74) is 0.724. The molecule has 0 saturated heterocycles. The van der Waals surface area contributed by atoms with Crippen LogP contribution >= 0.6 is 23.1 Å². The molecule has 8 heteroatoms. The quantitative estimate of drug-likeness (QED) is 0.579. The van der Waals surface area contributed by atoms with Gasteiger partial charge < -0.3 is 14.6 Å². The number of nitrogens with zero attached hydrogens (tertiary/aromatic N) is 3. The lowest BCUT2D eigenvalue weighted by Gasteiger charge is -2.09. The van der Waals surface area contributed by atoms with Gasteiger partial charge >= 0.3 is 0 Å². The zero-order chi connectivity index (χ0) is 18.6. The van der Waals surface area contributed by atoms with Crippen LogP contribution in [0.25, 0.3) is 0 Å². The van der Waals surface area contributed by atoms with Crippen LogP contribution in [0.2, 0.25) is 0 Å². The smallest absolute Gasteiger partial charge is 0.234 e. The number of rotatable bonds is 8. The normalized spacial score (nSPS) is 13.5. The van der Waals surface area contributed by atoms with Crippen LogP contribution < -0.4 is 10.1 Å². The maximum absolute atomic E-state index is 12.3. The highest BCUT2D eigenvalue weighted by Crippen LogP contribution is 2.39. The van der Waals surface area contributed by atoms with Gasteiger partial charge in [0.05, 0.1) is 12.9 Å². The number of methoxy groups -OCH3 is 1. The average Bonchev–Trinajstić information content (AvgIpc) is 3.23. The Morgan fingerprint density at radius 2 is 2.22 bits per heavy atom. The Morgan fingerprint density at radius 3 is 2.96 bits per heavy atom. The van der Waals surface area contributed by atoms with Gasteiger partial charge in [0.1, 0.15) is 11.6 Å². The van der Waals surface area contributed by atoms with Gasteiger partial charge in [-0.05, 0) is 36.4 Å². The number of anilines is 1. The van der Waals surface area contributed by atoms with E-state index in [1.54, 1.807) is 24.5 Å². The molecule has 0 spiro atoms. The molecule has 1 fully saturated rings. The molecule has 1 aliphatic rings. The van der Waals surface area contributed by atoms with Crippen molar-refractivity contribution in [3.05, 3.63) is 52.5 Å². The van der Waals surface area contributed by atoms with Crippen molar-refractivity contribution >= 4 is 34.7 Å².